The SMILES string of the molecule is O=Cc1nccc2cccc(Cl)c12. The molecule has 0 amide bonds. The van der Waals surface area contributed by atoms with E-state index < -0.39 is 0 Å². The molecule has 0 radical (unpaired) electrons. The highest BCUT2D eigenvalue weighted by atomic mass is 35.5. The molecule has 13 heavy (non-hydrogen) atoms. The first-order valence-electron chi connectivity index (χ1n) is 3.81. The Morgan fingerprint density at radius 3 is 2.92 bits per heavy atom. The summed E-state index contributed by atoms with van der Waals surface area (Å²) in [5.41, 5.74) is 0.392. The Hall–Kier alpha value is -1.41. The topological polar surface area (TPSA) is 30.0 Å². The van der Waals surface area contributed by atoms with Crippen molar-refractivity contribution in [3.8, 4) is 0 Å². The van der Waals surface area contributed by atoms with Crippen molar-refractivity contribution in [2.45, 2.75) is 0 Å². The van der Waals surface area contributed by atoms with Crippen LogP contribution < -0.4 is 0 Å². The highest BCUT2D eigenvalue weighted by Crippen LogP contribution is 2.24. The number of fused-ring (bicyclic) bond motifs is 1. The van der Waals surface area contributed by atoms with Crippen molar-refractivity contribution in [1.29, 1.82) is 0 Å². The minimum Gasteiger partial charge on any atom is -0.296 e. The molecule has 1 aromatic heterocycles. The minimum absolute atomic E-state index is 0.392. The first-order valence-corrected chi connectivity index (χ1v) is 4.19. The molecule has 0 atom stereocenters. The van der Waals surface area contributed by atoms with Gasteiger partial charge in [0, 0.05) is 11.6 Å². The zero-order valence-electron chi connectivity index (χ0n) is 6.70. The quantitative estimate of drug-likeness (QED) is 0.649. The van der Waals surface area contributed by atoms with Gasteiger partial charge >= 0.3 is 0 Å². The van der Waals surface area contributed by atoms with Crippen LogP contribution in [0.1, 0.15) is 10.5 Å². The first kappa shape index (κ1) is 8.20. The Balaban J connectivity index is 2.94. The van der Waals surface area contributed by atoms with E-state index in [4.69, 9.17) is 11.6 Å². The lowest BCUT2D eigenvalue weighted by Gasteiger charge is -2.00. The lowest BCUT2D eigenvalue weighted by Crippen LogP contribution is -1.88. The van der Waals surface area contributed by atoms with Crippen LogP contribution in [0.4, 0.5) is 0 Å². The fourth-order valence-corrected chi connectivity index (χ4v) is 1.58. The summed E-state index contributed by atoms with van der Waals surface area (Å²) < 4.78 is 0. The van der Waals surface area contributed by atoms with E-state index in [1.54, 1.807) is 12.3 Å². The van der Waals surface area contributed by atoms with Gasteiger partial charge in [0.25, 0.3) is 0 Å². The Kier molecular flexibility index (Phi) is 1.99. The summed E-state index contributed by atoms with van der Waals surface area (Å²) in [5, 5.41) is 2.22. The van der Waals surface area contributed by atoms with Crippen molar-refractivity contribution < 1.29 is 4.79 Å². The highest BCUT2D eigenvalue weighted by molar-refractivity contribution is 6.36. The number of aromatic nitrogens is 1. The van der Waals surface area contributed by atoms with Crippen LogP contribution in [0, 0.1) is 0 Å². The fraction of sp³-hybridized carbons (Fsp3) is 0. The summed E-state index contributed by atoms with van der Waals surface area (Å²) in [7, 11) is 0. The van der Waals surface area contributed by atoms with Gasteiger partial charge < -0.3 is 0 Å². The fourth-order valence-electron chi connectivity index (χ4n) is 1.30. The molecular weight excluding hydrogens is 186 g/mol. The van der Waals surface area contributed by atoms with Gasteiger partial charge in [-0.3, -0.25) is 9.78 Å². The third kappa shape index (κ3) is 1.29. The summed E-state index contributed by atoms with van der Waals surface area (Å²) in [5.74, 6) is 0. The standard InChI is InChI=1S/C10H6ClNO/c11-8-3-1-2-7-4-5-12-9(6-13)10(7)8/h1-6H. The van der Waals surface area contributed by atoms with Gasteiger partial charge in [-0.1, -0.05) is 23.7 Å². The molecule has 1 aromatic carbocycles. The zero-order valence-corrected chi connectivity index (χ0v) is 7.45. The zero-order chi connectivity index (χ0) is 9.26. The number of benzene rings is 1. The van der Waals surface area contributed by atoms with Crippen LogP contribution >= 0.6 is 11.6 Å². The number of pyridine rings is 1. The van der Waals surface area contributed by atoms with Crippen LogP contribution in [0.5, 0.6) is 0 Å². The van der Waals surface area contributed by atoms with Crippen LogP contribution in [0.2, 0.25) is 5.02 Å². The molecule has 1 heterocycles. The van der Waals surface area contributed by atoms with E-state index in [1.165, 1.54) is 0 Å². The monoisotopic (exact) mass is 191 g/mol. The number of aldehydes is 1. The maximum absolute atomic E-state index is 10.7. The third-order valence-corrected chi connectivity index (χ3v) is 2.20. The molecule has 0 aliphatic heterocycles. The number of carbonyl (C=O) groups excluding carboxylic acids is 1. The van der Waals surface area contributed by atoms with Crippen molar-refractivity contribution in [2.75, 3.05) is 0 Å². The molecular formula is C10H6ClNO. The molecule has 3 heteroatoms. The molecule has 0 unspecified atom stereocenters. The summed E-state index contributed by atoms with van der Waals surface area (Å²) in [6.07, 6.45) is 2.32. The van der Waals surface area contributed by atoms with Gasteiger partial charge in [0.05, 0.1) is 5.02 Å². The Morgan fingerprint density at radius 1 is 1.31 bits per heavy atom. The van der Waals surface area contributed by atoms with Crippen molar-refractivity contribution >= 4 is 28.7 Å². The number of rotatable bonds is 1. The number of carbonyl (C=O) groups is 1. The van der Waals surface area contributed by atoms with Crippen LogP contribution in [-0.2, 0) is 0 Å². The van der Waals surface area contributed by atoms with Gasteiger partial charge in [-0.2, -0.15) is 0 Å². The summed E-state index contributed by atoms with van der Waals surface area (Å²) in [4.78, 5) is 14.6. The summed E-state index contributed by atoms with van der Waals surface area (Å²) in [6, 6.07) is 7.32. The van der Waals surface area contributed by atoms with Gasteiger partial charge in [-0.05, 0) is 17.5 Å². The number of hydrogen-bond acceptors (Lipinski definition) is 2. The Labute approximate surface area is 80.2 Å². The molecule has 0 saturated heterocycles. The number of nitrogens with zero attached hydrogens (tertiary/aromatic N) is 1. The smallest absolute Gasteiger partial charge is 0.169 e. The van der Waals surface area contributed by atoms with Crippen molar-refractivity contribution in [2.24, 2.45) is 0 Å². The largest absolute Gasteiger partial charge is 0.296 e. The normalized spacial score (nSPS) is 10.2. The van der Waals surface area contributed by atoms with Gasteiger partial charge in [0.15, 0.2) is 6.29 Å². The molecule has 0 aliphatic rings. The van der Waals surface area contributed by atoms with E-state index in [1.807, 2.05) is 18.2 Å². The average Bonchev–Trinajstić information content (AvgIpc) is 2.17. The van der Waals surface area contributed by atoms with Gasteiger partial charge in [0.2, 0.25) is 0 Å². The highest BCUT2D eigenvalue weighted by Gasteiger charge is 2.03. The van der Waals surface area contributed by atoms with Crippen LogP contribution in [0.25, 0.3) is 10.8 Å². The second-order valence-corrected chi connectivity index (χ2v) is 3.06. The molecule has 0 bridgehead atoms. The average molecular weight is 192 g/mol. The Morgan fingerprint density at radius 2 is 2.15 bits per heavy atom. The first-order chi connectivity index (χ1) is 6.33. The molecule has 0 N–H and O–H groups in total. The molecule has 0 spiro atoms. The van der Waals surface area contributed by atoms with Gasteiger partial charge in [0.1, 0.15) is 5.69 Å². The summed E-state index contributed by atoms with van der Waals surface area (Å²) in [6.45, 7) is 0. The van der Waals surface area contributed by atoms with Crippen molar-refractivity contribution in [3.63, 3.8) is 0 Å². The second kappa shape index (κ2) is 3.15. The van der Waals surface area contributed by atoms with E-state index in [2.05, 4.69) is 4.98 Å². The molecule has 2 nitrogen and oxygen atoms in total. The molecule has 0 saturated carbocycles. The van der Waals surface area contributed by atoms with Crippen LogP contribution in [0.15, 0.2) is 30.5 Å². The van der Waals surface area contributed by atoms with E-state index >= 15 is 0 Å². The van der Waals surface area contributed by atoms with Crippen molar-refractivity contribution in [3.05, 3.63) is 41.2 Å². The molecule has 0 aliphatic carbocycles. The lowest BCUT2D eigenvalue weighted by atomic mass is 10.1. The molecule has 2 rings (SSSR count). The van der Waals surface area contributed by atoms with Crippen LogP contribution in [-0.4, -0.2) is 11.3 Å². The predicted molar refractivity (Wildman–Crippen MR) is 52.1 cm³/mol. The summed E-state index contributed by atoms with van der Waals surface area (Å²) >= 11 is 5.94. The minimum atomic E-state index is 0.392. The predicted octanol–water partition coefficient (Wildman–Crippen LogP) is 2.70. The van der Waals surface area contributed by atoms with E-state index in [-0.39, 0.29) is 0 Å². The molecule has 0 fully saturated rings. The van der Waals surface area contributed by atoms with Crippen molar-refractivity contribution in [1.82, 2.24) is 4.98 Å². The second-order valence-electron chi connectivity index (χ2n) is 2.65. The number of halogens is 1. The molecule has 64 valence electrons. The van der Waals surface area contributed by atoms with E-state index in [9.17, 15) is 4.79 Å². The Bertz CT molecular complexity index is 462. The number of hydrogen-bond donors (Lipinski definition) is 0. The van der Waals surface area contributed by atoms with Gasteiger partial charge in [-0.25, -0.2) is 0 Å². The van der Waals surface area contributed by atoms with E-state index in [0.29, 0.717) is 17.0 Å². The maximum Gasteiger partial charge on any atom is 0.169 e. The lowest BCUT2D eigenvalue weighted by molar-refractivity contribution is 0.112. The maximum atomic E-state index is 10.7. The molecule has 2 aromatic rings. The van der Waals surface area contributed by atoms with E-state index in [0.717, 1.165) is 10.8 Å². The van der Waals surface area contributed by atoms with Crippen LogP contribution in [0.3, 0.4) is 0 Å². The third-order valence-electron chi connectivity index (χ3n) is 1.88. The van der Waals surface area contributed by atoms with Gasteiger partial charge in [-0.15, -0.1) is 0 Å².